The van der Waals surface area contributed by atoms with Gasteiger partial charge in [-0.15, -0.1) is 0 Å². The van der Waals surface area contributed by atoms with E-state index >= 15 is 0 Å². The molecule has 5 nitrogen and oxygen atoms in total. The number of ether oxygens (including phenoxy) is 1. The Bertz CT molecular complexity index is 736. The summed E-state index contributed by atoms with van der Waals surface area (Å²) in [6.07, 6.45) is -0.442. The third-order valence-corrected chi connectivity index (χ3v) is 3.80. The number of amides is 2. The minimum absolute atomic E-state index is 0.213. The summed E-state index contributed by atoms with van der Waals surface area (Å²) < 4.78 is 19.0. The van der Waals surface area contributed by atoms with Crippen molar-refractivity contribution in [2.75, 3.05) is 25.0 Å². The van der Waals surface area contributed by atoms with Crippen molar-refractivity contribution in [3.63, 3.8) is 0 Å². The molecule has 1 fully saturated rings. The average molecular weight is 328 g/mol. The lowest BCUT2D eigenvalue weighted by Crippen LogP contribution is -2.46. The molecule has 0 spiro atoms. The van der Waals surface area contributed by atoms with E-state index in [1.807, 2.05) is 6.07 Å². The van der Waals surface area contributed by atoms with Gasteiger partial charge in [0.05, 0.1) is 13.2 Å². The molecule has 24 heavy (non-hydrogen) atoms. The van der Waals surface area contributed by atoms with Crippen LogP contribution >= 0.6 is 0 Å². The molecule has 0 bridgehead atoms. The maximum Gasteiger partial charge on any atom is 0.313 e. The Kier molecular flexibility index (Phi) is 4.86. The number of para-hydroxylation sites is 1. The molecule has 6 heteroatoms. The van der Waals surface area contributed by atoms with Crippen molar-refractivity contribution in [1.82, 2.24) is 4.90 Å². The van der Waals surface area contributed by atoms with Crippen LogP contribution in [0.5, 0.6) is 0 Å². The van der Waals surface area contributed by atoms with Gasteiger partial charge in [0.25, 0.3) is 0 Å². The Labute approximate surface area is 139 Å². The van der Waals surface area contributed by atoms with Crippen molar-refractivity contribution in [3.05, 3.63) is 66.0 Å². The highest BCUT2D eigenvalue weighted by molar-refractivity contribution is 6.39. The molecule has 2 amide bonds. The maximum absolute atomic E-state index is 13.3. The van der Waals surface area contributed by atoms with Crippen molar-refractivity contribution < 1.29 is 18.7 Å². The van der Waals surface area contributed by atoms with Gasteiger partial charge in [0.1, 0.15) is 11.9 Å². The maximum atomic E-state index is 13.3. The van der Waals surface area contributed by atoms with Crippen LogP contribution in [0.25, 0.3) is 0 Å². The minimum atomic E-state index is -0.693. The second-order valence-electron chi connectivity index (χ2n) is 5.49. The number of rotatable bonds is 2. The first-order valence-electron chi connectivity index (χ1n) is 7.66. The van der Waals surface area contributed by atoms with Crippen LogP contribution in [-0.4, -0.2) is 36.4 Å². The summed E-state index contributed by atoms with van der Waals surface area (Å²) in [6.45, 7) is 0.836. The number of nitrogens with zero attached hydrogens (tertiary/aromatic N) is 1. The van der Waals surface area contributed by atoms with E-state index in [1.165, 1.54) is 17.0 Å². The highest BCUT2D eigenvalue weighted by atomic mass is 19.1. The number of benzene rings is 2. The zero-order chi connectivity index (χ0) is 16.9. The van der Waals surface area contributed by atoms with E-state index in [9.17, 15) is 14.0 Å². The topological polar surface area (TPSA) is 58.6 Å². The van der Waals surface area contributed by atoms with Crippen molar-refractivity contribution in [3.8, 4) is 0 Å². The van der Waals surface area contributed by atoms with E-state index in [-0.39, 0.29) is 12.4 Å². The van der Waals surface area contributed by atoms with Gasteiger partial charge >= 0.3 is 11.8 Å². The number of carbonyl (C=O) groups is 2. The quantitative estimate of drug-likeness (QED) is 0.861. The zero-order valence-electron chi connectivity index (χ0n) is 12.9. The molecule has 2 aromatic carbocycles. The van der Waals surface area contributed by atoms with Gasteiger partial charge in [-0.1, -0.05) is 30.3 Å². The molecule has 0 saturated carbocycles. The summed E-state index contributed by atoms with van der Waals surface area (Å²) in [5.74, 6) is -1.67. The minimum Gasteiger partial charge on any atom is -0.370 e. The van der Waals surface area contributed by atoms with Gasteiger partial charge in [0.15, 0.2) is 0 Å². The lowest BCUT2D eigenvalue weighted by Gasteiger charge is -2.32. The van der Waals surface area contributed by atoms with Crippen molar-refractivity contribution >= 4 is 17.5 Å². The van der Waals surface area contributed by atoms with Crippen LogP contribution in [0, 0.1) is 5.82 Å². The average Bonchev–Trinajstić information content (AvgIpc) is 2.62. The van der Waals surface area contributed by atoms with Gasteiger partial charge in [0.2, 0.25) is 0 Å². The molecule has 0 unspecified atom stereocenters. The Hall–Kier alpha value is -2.73. The standard InChI is InChI=1S/C18H17FN2O3/c19-14-6-4-5-13(11-14)16-12-21(9-10-24-16)18(23)17(22)20-15-7-2-1-3-8-15/h1-8,11,16H,9-10,12H2,(H,20,22)/t16-/m0/s1. The molecular formula is C18H17FN2O3. The fourth-order valence-corrected chi connectivity index (χ4v) is 2.59. The van der Waals surface area contributed by atoms with Gasteiger partial charge in [0, 0.05) is 12.2 Å². The molecule has 1 heterocycles. The Morgan fingerprint density at radius 2 is 1.92 bits per heavy atom. The summed E-state index contributed by atoms with van der Waals surface area (Å²) in [4.78, 5) is 25.9. The Morgan fingerprint density at radius 3 is 2.67 bits per heavy atom. The molecule has 0 aliphatic carbocycles. The SMILES string of the molecule is O=C(Nc1ccccc1)C(=O)N1CCO[C@H](c2cccc(F)c2)C1. The van der Waals surface area contributed by atoms with Gasteiger partial charge in [-0.25, -0.2) is 4.39 Å². The third-order valence-electron chi connectivity index (χ3n) is 3.80. The number of carbonyl (C=O) groups excluding carboxylic acids is 2. The summed E-state index contributed by atoms with van der Waals surface area (Å²) in [5, 5.41) is 2.57. The molecule has 2 aromatic rings. The Balaban J connectivity index is 1.65. The lowest BCUT2D eigenvalue weighted by molar-refractivity contribution is -0.148. The number of hydrogen-bond donors (Lipinski definition) is 1. The van der Waals surface area contributed by atoms with Crippen LogP contribution < -0.4 is 5.32 Å². The second kappa shape index (κ2) is 7.23. The molecule has 124 valence electrons. The molecule has 1 aliphatic heterocycles. The van der Waals surface area contributed by atoms with E-state index in [0.717, 1.165) is 0 Å². The summed E-state index contributed by atoms with van der Waals surface area (Å²) in [5.41, 5.74) is 1.21. The normalized spacial score (nSPS) is 17.4. The number of hydrogen-bond acceptors (Lipinski definition) is 3. The first kappa shape index (κ1) is 16.1. The van der Waals surface area contributed by atoms with E-state index in [0.29, 0.717) is 24.4 Å². The first-order valence-corrected chi connectivity index (χ1v) is 7.66. The van der Waals surface area contributed by atoms with E-state index in [1.54, 1.807) is 36.4 Å². The summed E-state index contributed by atoms with van der Waals surface area (Å²) >= 11 is 0. The third kappa shape index (κ3) is 3.78. The monoisotopic (exact) mass is 328 g/mol. The van der Waals surface area contributed by atoms with Crippen LogP contribution in [0.2, 0.25) is 0 Å². The summed E-state index contributed by atoms with van der Waals surface area (Å²) in [7, 11) is 0. The van der Waals surface area contributed by atoms with Crippen LogP contribution in [-0.2, 0) is 14.3 Å². The van der Waals surface area contributed by atoms with Crippen molar-refractivity contribution in [2.24, 2.45) is 0 Å². The van der Waals surface area contributed by atoms with Gasteiger partial charge < -0.3 is 15.0 Å². The van der Waals surface area contributed by atoms with E-state index in [4.69, 9.17) is 4.74 Å². The van der Waals surface area contributed by atoms with E-state index < -0.39 is 17.9 Å². The second-order valence-corrected chi connectivity index (χ2v) is 5.49. The lowest BCUT2D eigenvalue weighted by atomic mass is 10.1. The van der Waals surface area contributed by atoms with Crippen molar-refractivity contribution in [2.45, 2.75) is 6.10 Å². The zero-order valence-corrected chi connectivity index (χ0v) is 12.9. The number of nitrogens with one attached hydrogen (secondary N) is 1. The fourth-order valence-electron chi connectivity index (χ4n) is 2.59. The van der Waals surface area contributed by atoms with Crippen LogP contribution in [0.3, 0.4) is 0 Å². The molecule has 1 saturated heterocycles. The molecule has 1 aliphatic rings. The highest BCUT2D eigenvalue weighted by Gasteiger charge is 2.29. The number of morpholine rings is 1. The number of anilines is 1. The molecular weight excluding hydrogens is 311 g/mol. The van der Waals surface area contributed by atoms with Crippen molar-refractivity contribution in [1.29, 1.82) is 0 Å². The van der Waals surface area contributed by atoms with Gasteiger partial charge in [-0.2, -0.15) is 0 Å². The predicted molar refractivity (Wildman–Crippen MR) is 86.7 cm³/mol. The number of halogens is 1. The first-order chi connectivity index (χ1) is 11.6. The van der Waals surface area contributed by atoms with E-state index in [2.05, 4.69) is 5.32 Å². The fraction of sp³-hybridized carbons (Fsp3) is 0.222. The van der Waals surface area contributed by atoms with Gasteiger partial charge in [-0.05, 0) is 29.8 Å². The molecule has 0 aromatic heterocycles. The van der Waals surface area contributed by atoms with Crippen LogP contribution in [0.4, 0.5) is 10.1 Å². The van der Waals surface area contributed by atoms with Gasteiger partial charge in [-0.3, -0.25) is 9.59 Å². The smallest absolute Gasteiger partial charge is 0.313 e. The molecule has 3 rings (SSSR count). The predicted octanol–water partition coefficient (Wildman–Crippen LogP) is 2.36. The largest absolute Gasteiger partial charge is 0.370 e. The molecule has 0 radical (unpaired) electrons. The van der Waals surface area contributed by atoms with Crippen LogP contribution in [0.1, 0.15) is 11.7 Å². The highest BCUT2D eigenvalue weighted by Crippen LogP contribution is 2.23. The molecule has 1 N–H and O–H groups in total. The summed E-state index contributed by atoms with van der Waals surface area (Å²) in [6, 6.07) is 14.8. The Morgan fingerprint density at radius 1 is 1.12 bits per heavy atom. The van der Waals surface area contributed by atoms with Crippen LogP contribution in [0.15, 0.2) is 54.6 Å². The molecule has 1 atom stereocenters.